The zero-order chi connectivity index (χ0) is 40.3. The summed E-state index contributed by atoms with van der Waals surface area (Å²) in [4.78, 5) is 76.8. The third-order valence-electron chi connectivity index (χ3n) is 11.1. The van der Waals surface area contributed by atoms with Crippen molar-refractivity contribution in [1.29, 1.82) is 0 Å². The molecule has 1 aliphatic rings. The Morgan fingerprint density at radius 2 is 1.55 bits per heavy atom. The molecule has 0 aliphatic heterocycles. The lowest BCUT2D eigenvalue weighted by Crippen LogP contribution is -2.63. The van der Waals surface area contributed by atoms with Gasteiger partial charge in [-0.05, 0) is 60.3 Å². The van der Waals surface area contributed by atoms with Crippen LogP contribution < -0.4 is 21.5 Å². The molecule has 1 heterocycles. The third-order valence-corrected chi connectivity index (χ3v) is 11.1. The first kappa shape index (κ1) is 43.0. The maximum Gasteiger partial charge on any atom is 0.242 e. The first-order valence-electron chi connectivity index (χ1n) is 19.6. The molecule has 3 aromatic rings. The van der Waals surface area contributed by atoms with E-state index in [0.29, 0.717) is 12.8 Å². The fourth-order valence-corrected chi connectivity index (χ4v) is 7.93. The number of nitrogens with zero attached hydrogens (tertiary/aromatic N) is 2. The summed E-state index contributed by atoms with van der Waals surface area (Å²) in [7, 11) is 0. The van der Waals surface area contributed by atoms with Gasteiger partial charge in [0.15, 0.2) is 11.6 Å². The molecule has 296 valence electrons. The van der Waals surface area contributed by atoms with Gasteiger partial charge in [-0.2, -0.15) is 0 Å². The minimum atomic E-state index is -2.04. The van der Waals surface area contributed by atoms with Gasteiger partial charge in [0.2, 0.25) is 11.8 Å². The van der Waals surface area contributed by atoms with E-state index in [-0.39, 0.29) is 43.3 Å². The van der Waals surface area contributed by atoms with Crippen molar-refractivity contribution in [1.82, 2.24) is 15.7 Å². The Balaban J connectivity index is 1.84. The summed E-state index contributed by atoms with van der Waals surface area (Å²) < 4.78 is 0. The van der Waals surface area contributed by atoms with Crippen LogP contribution in [0.25, 0.3) is 0 Å². The summed E-state index contributed by atoms with van der Waals surface area (Å²) in [5, 5.41) is 16.8. The molecular formula is C44H59N5O6. The number of nitrogens with one attached hydrogen (secondary N) is 2. The zero-order valence-electron chi connectivity index (χ0n) is 33.1. The second-order valence-electron chi connectivity index (χ2n) is 15.8. The lowest BCUT2D eigenvalue weighted by molar-refractivity contribution is -0.160. The van der Waals surface area contributed by atoms with E-state index in [0.717, 1.165) is 11.1 Å². The van der Waals surface area contributed by atoms with Gasteiger partial charge in [-0.25, -0.2) is 4.98 Å². The number of nitrogens with two attached hydrogens (primary N) is 1. The molecule has 0 spiro atoms. The molecule has 7 atom stereocenters. The minimum absolute atomic E-state index is 0.0148. The molecule has 2 amide bonds. The van der Waals surface area contributed by atoms with E-state index >= 15 is 9.59 Å². The predicted molar refractivity (Wildman–Crippen MR) is 213 cm³/mol. The molecule has 0 bridgehead atoms. The van der Waals surface area contributed by atoms with Crippen LogP contribution in [0.4, 0.5) is 5.82 Å². The number of amides is 2. The molecule has 2 aromatic carbocycles. The smallest absolute Gasteiger partial charge is 0.242 e. The minimum Gasteiger partial charge on any atom is -0.390 e. The number of aromatic nitrogens is 1. The standard InChI is InChI=1S/C44H59N5O6/c1-7-30(6)40(45)43(55)47-34(24-28(2)3)41(53)39-35(50)22-21-33(25-31-16-10-8-11-17-31)42(54)44(39,29(4)5)36(51)27-49(37-20-14-15-23-46-37)48-38(52)26-32-18-12-9-13-19-32/h8-20,23,28-30,33-34,39-41,53H,7,21-22,24-27,45H2,1-6H3,(H,47,55)(H,48,52)/t30-,33?,34-,39?,40-,41+,44-/m0/s1. The molecule has 2 unspecified atom stereocenters. The maximum atomic E-state index is 15.4. The number of aliphatic hydroxyl groups excluding tert-OH is 1. The van der Waals surface area contributed by atoms with Crippen molar-refractivity contribution in [3.8, 4) is 0 Å². The second kappa shape index (κ2) is 19.7. The van der Waals surface area contributed by atoms with Gasteiger partial charge in [-0.1, -0.05) is 115 Å². The maximum absolute atomic E-state index is 15.4. The Kier molecular flexibility index (Phi) is 15.4. The Bertz CT molecular complexity index is 1740. The molecule has 1 fully saturated rings. The highest BCUT2D eigenvalue weighted by Gasteiger charge is 2.62. The summed E-state index contributed by atoms with van der Waals surface area (Å²) in [5.41, 5.74) is 8.76. The lowest BCUT2D eigenvalue weighted by Gasteiger charge is -2.45. The molecule has 11 nitrogen and oxygen atoms in total. The van der Waals surface area contributed by atoms with Crippen molar-refractivity contribution in [3.05, 3.63) is 96.2 Å². The van der Waals surface area contributed by atoms with Gasteiger partial charge < -0.3 is 16.2 Å². The first-order chi connectivity index (χ1) is 26.2. The van der Waals surface area contributed by atoms with Crippen LogP contribution in [0.3, 0.4) is 0 Å². The second-order valence-corrected chi connectivity index (χ2v) is 15.8. The number of hydrogen-bond acceptors (Lipinski definition) is 9. The van der Waals surface area contributed by atoms with Crippen molar-refractivity contribution >= 4 is 35.0 Å². The number of ketones is 3. The quantitative estimate of drug-likeness (QED) is 0.0789. The Labute approximate surface area is 325 Å². The van der Waals surface area contributed by atoms with Crippen molar-refractivity contribution in [2.75, 3.05) is 11.6 Å². The van der Waals surface area contributed by atoms with Gasteiger partial charge in [-0.3, -0.25) is 34.4 Å². The Hall–Kier alpha value is -4.74. The summed E-state index contributed by atoms with van der Waals surface area (Å²) in [6.45, 7) is 10.6. The number of carbonyl (C=O) groups excluding carboxylic acids is 5. The van der Waals surface area contributed by atoms with E-state index < -0.39 is 77.1 Å². The van der Waals surface area contributed by atoms with Crippen LogP contribution in [0.5, 0.6) is 0 Å². The summed E-state index contributed by atoms with van der Waals surface area (Å²) >= 11 is 0. The lowest BCUT2D eigenvalue weighted by atomic mass is 9.57. The molecule has 1 saturated carbocycles. The van der Waals surface area contributed by atoms with Gasteiger partial charge >= 0.3 is 0 Å². The average Bonchev–Trinajstić information content (AvgIpc) is 3.27. The zero-order valence-corrected chi connectivity index (χ0v) is 33.1. The summed E-state index contributed by atoms with van der Waals surface area (Å²) in [6.07, 6.45) is 1.30. The summed E-state index contributed by atoms with van der Waals surface area (Å²) in [6, 6.07) is 21.8. The molecule has 5 N–H and O–H groups in total. The van der Waals surface area contributed by atoms with E-state index in [2.05, 4.69) is 15.7 Å². The highest BCUT2D eigenvalue weighted by molar-refractivity contribution is 6.14. The first-order valence-corrected chi connectivity index (χ1v) is 19.6. The molecule has 1 aliphatic carbocycles. The third kappa shape index (κ3) is 10.5. The molecule has 0 saturated heterocycles. The van der Waals surface area contributed by atoms with Gasteiger partial charge in [0.25, 0.3) is 0 Å². The number of Topliss-reactive ketones (excluding diaryl/α,β-unsaturated/α-hetero) is 3. The van der Waals surface area contributed by atoms with Crippen LogP contribution in [-0.4, -0.2) is 64.0 Å². The number of hydrazine groups is 1. The van der Waals surface area contributed by atoms with E-state index in [4.69, 9.17) is 5.73 Å². The SMILES string of the molecule is CC[C@H](C)[C@H](N)C(=O)N[C@@H](CC(C)C)[C@@H](O)C1C(=O)CCC(Cc2ccccc2)C(=O)[C@]1(C(=O)CN(NC(=O)Cc1ccccc1)c1ccccn1)C(C)C. The van der Waals surface area contributed by atoms with Crippen LogP contribution in [-0.2, 0) is 36.8 Å². The van der Waals surface area contributed by atoms with Gasteiger partial charge in [0.05, 0.1) is 30.5 Å². The van der Waals surface area contributed by atoms with Crippen LogP contribution in [0.2, 0.25) is 0 Å². The van der Waals surface area contributed by atoms with Crippen LogP contribution in [0.1, 0.15) is 78.4 Å². The van der Waals surface area contributed by atoms with E-state index in [1.807, 2.05) is 88.4 Å². The topological polar surface area (TPSA) is 172 Å². The number of rotatable bonds is 18. The largest absolute Gasteiger partial charge is 0.390 e. The van der Waals surface area contributed by atoms with Crippen molar-refractivity contribution in [2.45, 2.75) is 98.3 Å². The van der Waals surface area contributed by atoms with Crippen LogP contribution >= 0.6 is 0 Å². The number of anilines is 1. The van der Waals surface area contributed by atoms with Gasteiger partial charge in [0.1, 0.15) is 23.6 Å². The van der Waals surface area contributed by atoms with Crippen molar-refractivity contribution < 1.29 is 29.1 Å². The number of aliphatic hydroxyl groups is 1. The molecule has 55 heavy (non-hydrogen) atoms. The molecule has 11 heteroatoms. The Morgan fingerprint density at radius 3 is 2.11 bits per heavy atom. The molecule has 4 rings (SSSR count). The fourth-order valence-electron chi connectivity index (χ4n) is 7.93. The monoisotopic (exact) mass is 753 g/mol. The normalized spacial score (nSPS) is 21.0. The average molecular weight is 754 g/mol. The molecule has 1 aromatic heterocycles. The van der Waals surface area contributed by atoms with Crippen LogP contribution in [0, 0.1) is 35.0 Å². The van der Waals surface area contributed by atoms with E-state index in [1.165, 1.54) is 11.2 Å². The number of hydrogen-bond donors (Lipinski definition) is 4. The van der Waals surface area contributed by atoms with E-state index in [9.17, 15) is 19.5 Å². The summed E-state index contributed by atoms with van der Waals surface area (Å²) in [5.74, 6) is -5.31. The van der Waals surface area contributed by atoms with Crippen molar-refractivity contribution in [2.24, 2.45) is 40.7 Å². The highest BCUT2D eigenvalue weighted by atomic mass is 16.3. The highest BCUT2D eigenvalue weighted by Crippen LogP contribution is 2.48. The van der Waals surface area contributed by atoms with Gasteiger partial charge in [0, 0.05) is 18.5 Å². The van der Waals surface area contributed by atoms with Crippen LogP contribution in [0.15, 0.2) is 85.1 Å². The van der Waals surface area contributed by atoms with Crippen molar-refractivity contribution in [3.63, 3.8) is 0 Å². The van der Waals surface area contributed by atoms with E-state index in [1.54, 1.807) is 32.0 Å². The number of carbonyl (C=O) groups is 5. The molecule has 0 radical (unpaired) electrons. The Morgan fingerprint density at radius 1 is 0.927 bits per heavy atom. The fraction of sp³-hybridized carbons (Fsp3) is 0.500. The van der Waals surface area contributed by atoms with Gasteiger partial charge in [-0.15, -0.1) is 0 Å². The predicted octanol–water partition coefficient (Wildman–Crippen LogP) is 5.05. The number of benzene rings is 2. The molecular weight excluding hydrogens is 695 g/mol. The number of pyridine rings is 1.